The van der Waals surface area contributed by atoms with Crippen LogP contribution in [0.2, 0.25) is 0 Å². The van der Waals surface area contributed by atoms with E-state index in [0.717, 1.165) is 43.5 Å². The van der Waals surface area contributed by atoms with E-state index in [1.807, 2.05) is 31.3 Å². The Morgan fingerprint density at radius 3 is 2.57 bits per heavy atom. The zero-order valence-corrected chi connectivity index (χ0v) is 14.2. The summed E-state index contributed by atoms with van der Waals surface area (Å²) >= 11 is 0. The molecular formula is C16H24N6O. The van der Waals surface area contributed by atoms with E-state index in [1.165, 1.54) is 0 Å². The largest absolute Gasteiger partial charge is 0.356 e. The molecule has 1 aliphatic heterocycles. The summed E-state index contributed by atoms with van der Waals surface area (Å²) in [5.74, 6) is 3.98. The van der Waals surface area contributed by atoms with Gasteiger partial charge in [-0.05, 0) is 24.1 Å². The summed E-state index contributed by atoms with van der Waals surface area (Å²) in [6.07, 6.45) is 3.84. The highest BCUT2D eigenvalue weighted by molar-refractivity contribution is 5.38. The van der Waals surface area contributed by atoms with Crippen molar-refractivity contribution in [3.8, 4) is 0 Å². The fourth-order valence-corrected chi connectivity index (χ4v) is 2.75. The summed E-state index contributed by atoms with van der Waals surface area (Å²) in [6.45, 7) is 6.12. The van der Waals surface area contributed by atoms with Crippen molar-refractivity contribution in [1.29, 1.82) is 0 Å². The number of rotatable bonds is 4. The van der Waals surface area contributed by atoms with Crippen molar-refractivity contribution in [2.24, 2.45) is 0 Å². The first-order valence-corrected chi connectivity index (χ1v) is 8.13. The summed E-state index contributed by atoms with van der Waals surface area (Å²) in [5.41, 5.74) is 0. The highest BCUT2D eigenvalue weighted by atomic mass is 16.5. The van der Waals surface area contributed by atoms with E-state index in [0.29, 0.717) is 17.8 Å². The van der Waals surface area contributed by atoms with E-state index >= 15 is 0 Å². The lowest BCUT2D eigenvalue weighted by atomic mass is 9.97. The van der Waals surface area contributed by atoms with Crippen LogP contribution in [0, 0.1) is 0 Å². The number of piperidine rings is 1. The van der Waals surface area contributed by atoms with Gasteiger partial charge in [0.25, 0.3) is 5.95 Å². The van der Waals surface area contributed by atoms with Crippen LogP contribution < -0.4 is 9.80 Å². The average Bonchev–Trinajstić information content (AvgIpc) is 3.05. The minimum atomic E-state index is 0.332. The maximum absolute atomic E-state index is 5.41. The molecule has 0 aromatic carbocycles. The second kappa shape index (κ2) is 6.52. The lowest BCUT2D eigenvalue weighted by Gasteiger charge is -2.31. The molecule has 1 aliphatic rings. The second-order valence-corrected chi connectivity index (χ2v) is 6.52. The van der Waals surface area contributed by atoms with Gasteiger partial charge in [0.2, 0.25) is 5.89 Å². The van der Waals surface area contributed by atoms with Gasteiger partial charge in [-0.25, -0.2) is 9.97 Å². The molecule has 3 heterocycles. The number of aromatic nitrogens is 4. The van der Waals surface area contributed by atoms with Crippen molar-refractivity contribution in [1.82, 2.24) is 20.1 Å². The van der Waals surface area contributed by atoms with Crippen LogP contribution in [0.4, 0.5) is 11.8 Å². The molecule has 23 heavy (non-hydrogen) atoms. The van der Waals surface area contributed by atoms with Crippen molar-refractivity contribution >= 4 is 11.8 Å². The van der Waals surface area contributed by atoms with E-state index < -0.39 is 0 Å². The Labute approximate surface area is 136 Å². The Bertz CT molecular complexity index is 646. The van der Waals surface area contributed by atoms with Gasteiger partial charge in [0.15, 0.2) is 0 Å². The minimum absolute atomic E-state index is 0.332. The standard InChI is InChI=1S/C16H24N6O/c1-11(2)14-17-8-5-13(18-14)22-9-6-12(7-10-22)15-19-16(20-23-15)21(3)4/h5,8,11-12H,6-7,9-10H2,1-4H3. The van der Waals surface area contributed by atoms with Crippen LogP contribution in [0.15, 0.2) is 16.8 Å². The molecule has 7 heteroatoms. The SMILES string of the molecule is CC(C)c1nccc(N2CCC(c3nc(N(C)C)no3)CC2)n1. The number of hydrogen-bond donors (Lipinski definition) is 0. The fourth-order valence-electron chi connectivity index (χ4n) is 2.75. The third-order valence-electron chi connectivity index (χ3n) is 4.18. The molecule has 0 saturated carbocycles. The van der Waals surface area contributed by atoms with Crippen LogP contribution in [0.25, 0.3) is 0 Å². The summed E-state index contributed by atoms with van der Waals surface area (Å²) in [6, 6.07) is 1.99. The molecule has 0 atom stereocenters. The smallest absolute Gasteiger partial charge is 0.265 e. The summed E-state index contributed by atoms with van der Waals surface area (Å²) in [4.78, 5) is 17.7. The monoisotopic (exact) mass is 316 g/mol. The molecule has 1 fully saturated rings. The van der Waals surface area contributed by atoms with Gasteiger partial charge in [0.1, 0.15) is 11.6 Å². The molecule has 0 N–H and O–H groups in total. The zero-order valence-electron chi connectivity index (χ0n) is 14.2. The first kappa shape index (κ1) is 15.7. The maximum Gasteiger partial charge on any atom is 0.265 e. The Kier molecular flexibility index (Phi) is 4.45. The summed E-state index contributed by atoms with van der Waals surface area (Å²) < 4.78 is 5.41. The predicted molar refractivity (Wildman–Crippen MR) is 88.9 cm³/mol. The van der Waals surface area contributed by atoms with E-state index in [1.54, 1.807) is 0 Å². The lowest BCUT2D eigenvalue weighted by molar-refractivity contribution is 0.329. The minimum Gasteiger partial charge on any atom is -0.356 e. The molecule has 3 rings (SSSR count). The molecule has 1 saturated heterocycles. The summed E-state index contributed by atoms with van der Waals surface area (Å²) in [7, 11) is 3.83. The molecule has 0 unspecified atom stereocenters. The van der Waals surface area contributed by atoms with Crippen LogP contribution in [0.5, 0.6) is 0 Å². The molecule has 124 valence electrons. The van der Waals surface area contributed by atoms with Crippen LogP contribution >= 0.6 is 0 Å². The van der Waals surface area contributed by atoms with Gasteiger partial charge in [-0.3, -0.25) is 0 Å². The quantitative estimate of drug-likeness (QED) is 0.857. The van der Waals surface area contributed by atoms with Crippen LogP contribution in [0.3, 0.4) is 0 Å². The topological polar surface area (TPSA) is 71.2 Å². The van der Waals surface area contributed by atoms with E-state index in [4.69, 9.17) is 4.52 Å². The van der Waals surface area contributed by atoms with E-state index in [9.17, 15) is 0 Å². The Morgan fingerprint density at radius 2 is 1.96 bits per heavy atom. The third-order valence-corrected chi connectivity index (χ3v) is 4.18. The first-order chi connectivity index (χ1) is 11.0. The van der Waals surface area contributed by atoms with Gasteiger partial charge in [-0.1, -0.05) is 13.8 Å². The van der Waals surface area contributed by atoms with Crippen molar-refractivity contribution < 1.29 is 4.52 Å². The second-order valence-electron chi connectivity index (χ2n) is 6.52. The molecule has 0 aliphatic carbocycles. The van der Waals surface area contributed by atoms with Crippen LogP contribution in [0.1, 0.15) is 50.2 Å². The number of hydrogen-bond acceptors (Lipinski definition) is 7. The lowest BCUT2D eigenvalue weighted by Crippen LogP contribution is -2.33. The molecule has 2 aromatic heterocycles. The molecule has 0 amide bonds. The van der Waals surface area contributed by atoms with Gasteiger partial charge >= 0.3 is 0 Å². The molecule has 2 aromatic rings. The van der Waals surface area contributed by atoms with Crippen molar-refractivity contribution in [3.63, 3.8) is 0 Å². The molecule has 0 bridgehead atoms. The van der Waals surface area contributed by atoms with E-state index in [2.05, 4.69) is 38.9 Å². The Balaban J connectivity index is 1.65. The molecule has 7 nitrogen and oxygen atoms in total. The highest BCUT2D eigenvalue weighted by Gasteiger charge is 2.26. The van der Waals surface area contributed by atoms with E-state index in [-0.39, 0.29) is 0 Å². The average molecular weight is 316 g/mol. The summed E-state index contributed by atoms with van der Waals surface area (Å²) in [5, 5.41) is 4.00. The normalized spacial score (nSPS) is 16.1. The zero-order chi connectivity index (χ0) is 16.4. The van der Waals surface area contributed by atoms with Gasteiger partial charge in [0.05, 0.1) is 0 Å². The first-order valence-electron chi connectivity index (χ1n) is 8.13. The van der Waals surface area contributed by atoms with Crippen LogP contribution in [-0.4, -0.2) is 47.3 Å². The Hall–Kier alpha value is -2.18. The van der Waals surface area contributed by atoms with Gasteiger partial charge in [-0.15, -0.1) is 0 Å². The number of anilines is 2. The number of nitrogens with zero attached hydrogens (tertiary/aromatic N) is 6. The van der Waals surface area contributed by atoms with Gasteiger partial charge < -0.3 is 14.3 Å². The molecular weight excluding hydrogens is 292 g/mol. The van der Waals surface area contributed by atoms with Crippen molar-refractivity contribution in [2.45, 2.75) is 38.5 Å². The van der Waals surface area contributed by atoms with Gasteiger partial charge in [-0.2, -0.15) is 4.98 Å². The van der Waals surface area contributed by atoms with Crippen molar-refractivity contribution in [3.05, 3.63) is 24.0 Å². The van der Waals surface area contributed by atoms with Crippen molar-refractivity contribution in [2.75, 3.05) is 37.0 Å². The predicted octanol–water partition coefficient (Wildman–Crippen LogP) is 2.43. The highest BCUT2D eigenvalue weighted by Crippen LogP contribution is 2.29. The fraction of sp³-hybridized carbons (Fsp3) is 0.625. The molecule has 0 radical (unpaired) electrons. The Morgan fingerprint density at radius 1 is 1.22 bits per heavy atom. The molecule has 0 spiro atoms. The third kappa shape index (κ3) is 3.43. The maximum atomic E-state index is 5.41. The van der Waals surface area contributed by atoms with Gasteiger partial charge in [0, 0.05) is 45.2 Å². The van der Waals surface area contributed by atoms with Crippen LogP contribution in [-0.2, 0) is 0 Å².